The quantitative estimate of drug-likeness (QED) is 0.851. The number of nitrogens with one attached hydrogen (secondary N) is 1. The van der Waals surface area contributed by atoms with Crippen LogP contribution in [0.1, 0.15) is 17.5 Å². The Kier molecular flexibility index (Phi) is 2.48. The van der Waals surface area contributed by atoms with Crippen molar-refractivity contribution in [3.8, 4) is 11.3 Å². The van der Waals surface area contributed by atoms with E-state index in [4.69, 9.17) is 0 Å². The van der Waals surface area contributed by atoms with Crippen LogP contribution in [0.2, 0.25) is 0 Å². The third-order valence-corrected chi connectivity index (χ3v) is 3.23. The summed E-state index contributed by atoms with van der Waals surface area (Å²) in [6.07, 6.45) is 5.10. The fourth-order valence-corrected chi connectivity index (χ4v) is 2.37. The molecule has 1 aliphatic rings. The van der Waals surface area contributed by atoms with Crippen LogP contribution in [0.5, 0.6) is 0 Å². The molecule has 0 radical (unpaired) electrons. The van der Waals surface area contributed by atoms with E-state index in [2.05, 4.69) is 38.7 Å². The monoisotopic (exact) mass is 226 g/mol. The van der Waals surface area contributed by atoms with Crippen molar-refractivity contribution in [2.45, 2.75) is 19.3 Å². The Morgan fingerprint density at radius 2 is 2.06 bits per heavy atom. The largest absolute Gasteiger partial charge is 0.371 e. The van der Waals surface area contributed by atoms with Crippen molar-refractivity contribution in [3.05, 3.63) is 35.7 Å². The van der Waals surface area contributed by atoms with Gasteiger partial charge in [-0.25, -0.2) is 4.98 Å². The van der Waals surface area contributed by atoms with E-state index >= 15 is 0 Å². The third-order valence-electron chi connectivity index (χ3n) is 3.23. The van der Waals surface area contributed by atoms with Crippen molar-refractivity contribution in [2.24, 2.45) is 0 Å². The predicted octanol–water partition coefficient (Wildman–Crippen LogP) is 2.07. The van der Waals surface area contributed by atoms with Crippen molar-refractivity contribution >= 4 is 5.82 Å². The minimum atomic E-state index is 0.776. The maximum absolute atomic E-state index is 4.18. The van der Waals surface area contributed by atoms with Gasteiger partial charge in [-0.3, -0.25) is 0 Å². The van der Waals surface area contributed by atoms with Crippen LogP contribution in [0.25, 0.3) is 11.3 Å². The van der Waals surface area contributed by atoms with Gasteiger partial charge in [-0.1, -0.05) is 12.1 Å². The number of anilines is 1. The summed E-state index contributed by atoms with van der Waals surface area (Å²) in [7, 11) is 1.85. The van der Waals surface area contributed by atoms with Crippen LogP contribution in [-0.4, -0.2) is 22.2 Å². The molecule has 3 rings (SSSR count). The smallest absolute Gasteiger partial charge is 0.156 e. The Hall–Kier alpha value is -1.97. The molecule has 1 aliphatic carbocycles. The molecule has 0 aliphatic heterocycles. The Balaban J connectivity index is 2.09. The molecule has 0 spiro atoms. The van der Waals surface area contributed by atoms with Gasteiger partial charge in [-0.15, -0.1) is 10.2 Å². The summed E-state index contributed by atoms with van der Waals surface area (Å²) in [5.74, 6) is 0.776. The average molecular weight is 226 g/mol. The molecule has 17 heavy (non-hydrogen) atoms. The van der Waals surface area contributed by atoms with E-state index in [9.17, 15) is 0 Å². The Morgan fingerprint density at radius 1 is 1.18 bits per heavy atom. The lowest BCUT2D eigenvalue weighted by molar-refractivity contribution is 0.911. The van der Waals surface area contributed by atoms with E-state index in [1.165, 1.54) is 36.7 Å². The SMILES string of the molecule is CNc1ncnnc1-c1ccc2c(c1)CCC2. The summed E-state index contributed by atoms with van der Waals surface area (Å²) < 4.78 is 0. The second-order valence-corrected chi connectivity index (χ2v) is 4.24. The maximum atomic E-state index is 4.18. The van der Waals surface area contributed by atoms with Crippen LogP contribution in [0.4, 0.5) is 5.82 Å². The maximum Gasteiger partial charge on any atom is 0.156 e. The van der Waals surface area contributed by atoms with E-state index in [0.29, 0.717) is 0 Å². The normalized spacial score (nSPS) is 13.5. The van der Waals surface area contributed by atoms with Crippen molar-refractivity contribution < 1.29 is 0 Å². The van der Waals surface area contributed by atoms with E-state index < -0.39 is 0 Å². The Labute approximate surface area is 100 Å². The summed E-state index contributed by atoms with van der Waals surface area (Å²) in [6, 6.07) is 6.53. The molecule has 0 fully saturated rings. The number of hydrogen-bond acceptors (Lipinski definition) is 4. The van der Waals surface area contributed by atoms with Crippen molar-refractivity contribution in [1.29, 1.82) is 0 Å². The molecule has 1 aromatic heterocycles. The standard InChI is InChI=1S/C13H14N4/c1-14-13-12(17-16-8-15-13)11-6-5-9-3-2-4-10(9)7-11/h5-8H,2-4H2,1H3,(H,14,15,16). The number of fused-ring (bicyclic) bond motifs is 1. The predicted molar refractivity (Wildman–Crippen MR) is 66.8 cm³/mol. The number of nitrogens with zero attached hydrogens (tertiary/aromatic N) is 3. The minimum Gasteiger partial charge on any atom is -0.371 e. The van der Waals surface area contributed by atoms with Gasteiger partial charge < -0.3 is 5.32 Å². The number of rotatable bonds is 2. The highest BCUT2D eigenvalue weighted by molar-refractivity contribution is 5.71. The van der Waals surface area contributed by atoms with Gasteiger partial charge in [0.2, 0.25) is 0 Å². The fourth-order valence-electron chi connectivity index (χ4n) is 2.37. The topological polar surface area (TPSA) is 50.7 Å². The molecule has 2 aromatic rings. The Bertz CT molecular complexity index is 551. The van der Waals surface area contributed by atoms with Crippen LogP contribution in [0.15, 0.2) is 24.5 Å². The number of aromatic nitrogens is 3. The van der Waals surface area contributed by atoms with Gasteiger partial charge >= 0.3 is 0 Å². The summed E-state index contributed by atoms with van der Waals surface area (Å²) >= 11 is 0. The first-order chi connectivity index (χ1) is 8.38. The molecule has 1 N–H and O–H groups in total. The molecule has 1 heterocycles. The van der Waals surface area contributed by atoms with Gasteiger partial charge in [0.15, 0.2) is 5.82 Å². The molecule has 4 nitrogen and oxygen atoms in total. The highest BCUT2D eigenvalue weighted by atomic mass is 15.2. The summed E-state index contributed by atoms with van der Waals surface area (Å²) in [5, 5.41) is 11.1. The van der Waals surface area contributed by atoms with E-state index in [0.717, 1.165) is 17.1 Å². The molecule has 0 atom stereocenters. The number of aryl methyl sites for hydroxylation is 2. The molecule has 0 bridgehead atoms. The van der Waals surface area contributed by atoms with Gasteiger partial charge in [-0.05, 0) is 36.5 Å². The number of hydrogen-bond donors (Lipinski definition) is 1. The van der Waals surface area contributed by atoms with Gasteiger partial charge in [0.1, 0.15) is 12.0 Å². The van der Waals surface area contributed by atoms with Gasteiger partial charge in [0.05, 0.1) is 0 Å². The van der Waals surface area contributed by atoms with Crippen molar-refractivity contribution in [3.63, 3.8) is 0 Å². The van der Waals surface area contributed by atoms with Crippen molar-refractivity contribution in [1.82, 2.24) is 15.2 Å². The second kappa shape index (κ2) is 4.13. The summed E-state index contributed by atoms with van der Waals surface area (Å²) in [5.41, 5.74) is 4.83. The molecule has 1 aromatic carbocycles. The first-order valence-electron chi connectivity index (χ1n) is 5.86. The molecule has 0 saturated carbocycles. The Morgan fingerprint density at radius 3 is 2.94 bits per heavy atom. The highest BCUT2D eigenvalue weighted by Gasteiger charge is 2.14. The lowest BCUT2D eigenvalue weighted by Gasteiger charge is -2.07. The zero-order valence-electron chi connectivity index (χ0n) is 9.77. The zero-order valence-corrected chi connectivity index (χ0v) is 9.77. The summed E-state index contributed by atoms with van der Waals surface area (Å²) in [6.45, 7) is 0. The van der Waals surface area contributed by atoms with Gasteiger partial charge in [0, 0.05) is 12.6 Å². The van der Waals surface area contributed by atoms with Crippen LogP contribution in [-0.2, 0) is 12.8 Å². The molecule has 0 amide bonds. The summed E-state index contributed by atoms with van der Waals surface area (Å²) in [4.78, 5) is 4.18. The average Bonchev–Trinajstić information content (AvgIpc) is 2.85. The first kappa shape index (κ1) is 10.2. The van der Waals surface area contributed by atoms with Crippen LogP contribution in [0, 0.1) is 0 Å². The van der Waals surface area contributed by atoms with Crippen LogP contribution < -0.4 is 5.32 Å². The van der Waals surface area contributed by atoms with Crippen LogP contribution >= 0.6 is 0 Å². The molecule has 86 valence electrons. The molecular weight excluding hydrogens is 212 g/mol. The zero-order chi connectivity index (χ0) is 11.7. The highest BCUT2D eigenvalue weighted by Crippen LogP contribution is 2.29. The fraction of sp³-hybridized carbons (Fsp3) is 0.308. The number of benzene rings is 1. The van der Waals surface area contributed by atoms with Gasteiger partial charge in [-0.2, -0.15) is 0 Å². The molecule has 0 saturated heterocycles. The minimum absolute atomic E-state index is 0.776. The van der Waals surface area contributed by atoms with E-state index in [-0.39, 0.29) is 0 Å². The first-order valence-corrected chi connectivity index (χ1v) is 5.86. The second-order valence-electron chi connectivity index (χ2n) is 4.24. The third kappa shape index (κ3) is 1.75. The van der Waals surface area contributed by atoms with Crippen LogP contribution in [0.3, 0.4) is 0 Å². The van der Waals surface area contributed by atoms with Gasteiger partial charge in [0.25, 0.3) is 0 Å². The van der Waals surface area contributed by atoms with Crippen molar-refractivity contribution in [2.75, 3.05) is 12.4 Å². The lowest BCUT2D eigenvalue weighted by Crippen LogP contribution is -1.99. The molecule has 4 heteroatoms. The van der Waals surface area contributed by atoms with E-state index in [1.807, 2.05) is 7.05 Å². The lowest BCUT2D eigenvalue weighted by atomic mass is 10.0. The molecule has 0 unspecified atom stereocenters. The van der Waals surface area contributed by atoms with E-state index in [1.54, 1.807) is 0 Å². The molecular formula is C13H14N4.